The minimum Gasteiger partial charge on any atom is -0.309 e. The molecule has 0 aliphatic heterocycles. The van der Waals surface area contributed by atoms with Crippen LogP contribution in [0.2, 0.25) is 0 Å². The van der Waals surface area contributed by atoms with Gasteiger partial charge in [-0.2, -0.15) is 0 Å². The summed E-state index contributed by atoms with van der Waals surface area (Å²) in [5.41, 5.74) is 8.56. The van der Waals surface area contributed by atoms with Crippen LogP contribution in [0.4, 0.5) is 0 Å². The molecule has 0 bridgehead atoms. The van der Waals surface area contributed by atoms with Gasteiger partial charge in [-0.25, -0.2) is 4.98 Å². The number of thiophene rings is 1. The predicted molar refractivity (Wildman–Crippen MR) is 53.1 cm³/mol. The Bertz CT molecular complexity index is 565. The van der Waals surface area contributed by atoms with Crippen molar-refractivity contribution >= 4 is 21.6 Å². The molecule has 0 aromatic carbocycles. The summed E-state index contributed by atoms with van der Waals surface area (Å²) in [7, 11) is 0. The van der Waals surface area contributed by atoms with Crippen molar-refractivity contribution in [3.05, 3.63) is 38.1 Å². The lowest BCUT2D eigenvalue weighted by atomic mass is 10.4. The van der Waals surface area contributed by atoms with E-state index in [2.05, 4.69) is 20.0 Å². The molecule has 0 aliphatic rings. The third-order valence-corrected chi connectivity index (χ3v) is 2.55. The number of H-pyrrole nitrogens is 1. The molecule has 70 valence electrons. The number of nitrogens with one attached hydrogen (secondary N) is 1. The average Bonchev–Trinajstić information content (AvgIpc) is 2.63. The van der Waals surface area contributed by atoms with Crippen LogP contribution in [0.15, 0.2) is 21.4 Å². The summed E-state index contributed by atoms with van der Waals surface area (Å²) in [6.45, 7) is 0.0670. The van der Waals surface area contributed by atoms with E-state index in [9.17, 15) is 4.79 Å². The summed E-state index contributed by atoms with van der Waals surface area (Å²) in [5.74, 6) is 0.388. The number of hydrogen-bond acceptors (Lipinski definition) is 4. The van der Waals surface area contributed by atoms with E-state index >= 15 is 0 Å². The second-order valence-corrected chi connectivity index (χ2v) is 3.45. The lowest BCUT2D eigenvalue weighted by molar-refractivity contribution is 0.905. The van der Waals surface area contributed by atoms with Gasteiger partial charge in [-0.05, 0) is 17.0 Å². The van der Waals surface area contributed by atoms with E-state index in [4.69, 9.17) is 5.53 Å². The van der Waals surface area contributed by atoms with E-state index in [1.165, 1.54) is 11.3 Å². The van der Waals surface area contributed by atoms with E-state index in [1.54, 1.807) is 11.4 Å². The maximum Gasteiger partial charge on any atom is 0.268 e. The van der Waals surface area contributed by atoms with Gasteiger partial charge in [0.25, 0.3) is 5.56 Å². The van der Waals surface area contributed by atoms with Crippen molar-refractivity contribution in [2.24, 2.45) is 5.11 Å². The quantitative estimate of drug-likeness (QED) is 0.461. The van der Waals surface area contributed by atoms with Crippen LogP contribution in [0.3, 0.4) is 0 Å². The zero-order valence-electron chi connectivity index (χ0n) is 6.97. The predicted octanol–water partition coefficient (Wildman–Crippen LogP) is 1.79. The number of rotatable bonds is 2. The first-order valence-electron chi connectivity index (χ1n) is 3.78. The fourth-order valence-corrected chi connectivity index (χ4v) is 1.82. The highest BCUT2D eigenvalue weighted by Crippen LogP contribution is 2.13. The molecule has 14 heavy (non-hydrogen) atoms. The molecule has 2 aromatic rings. The summed E-state index contributed by atoms with van der Waals surface area (Å²) < 4.78 is 0.592. The molecule has 0 spiro atoms. The van der Waals surface area contributed by atoms with Gasteiger partial charge in [0.2, 0.25) is 0 Å². The molecule has 0 aliphatic carbocycles. The molecule has 2 rings (SSSR count). The van der Waals surface area contributed by atoms with Crippen molar-refractivity contribution in [2.75, 3.05) is 0 Å². The highest BCUT2D eigenvalue weighted by molar-refractivity contribution is 7.17. The fourth-order valence-electron chi connectivity index (χ4n) is 1.10. The van der Waals surface area contributed by atoms with Crippen molar-refractivity contribution in [2.45, 2.75) is 6.54 Å². The van der Waals surface area contributed by atoms with E-state index in [-0.39, 0.29) is 12.1 Å². The van der Waals surface area contributed by atoms with Crippen LogP contribution in [-0.4, -0.2) is 9.97 Å². The number of nitrogens with zero attached hydrogens (tertiary/aromatic N) is 4. The van der Waals surface area contributed by atoms with Crippen molar-refractivity contribution in [1.82, 2.24) is 9.97 Å². The Morgan fingerprint density at radius 3 is 3.36 bits per heavy atom. The maximum atomic E-state index is 11.4. The number of aromatic nitrogens is 2. The van der Waals surface area contributed by atoms with Crippen molar-refractivity contribution < 1.29 is 0 Å². The van der Waals surface area contributed by atoms with Gasteiger partial charge >= 0.3 is 0 Å². The summed E-state index contributed by atoms with van der Waals surface area (Å²) in [4.78, 5) is 20.7. The Balaban J connectivity index is 2.58. The van der Waals surface area contributed by atoms with E-state index < -0.39 is 0 Å². The Labute approximate surface area is 81.9 Å². The molecule has 1 N–H and O–H groups in total. The van der Waals surface area contributed by atoms with Gasteiger partial charge in [0, 0.05) is 4.91 Å². The Kier molecular flexibility index (Phi) is 2.18. The van der Waals surface area contributed by atoms with E-state index in [1.807, 2.05) is 0 Å². The number of azide groups is 1. The highest BCUT2D eigenvalue weighted by Gasteiger charge is 2.03. The Morgan fingerprint density at radius 1 is 1.71 bits per heavy atom. The molecule has 0 fully saturated rings. The van der Waals surface area contributed by atoms with Gasteiger partial charge in [0.05, 0.1) is 12.1 Å². The lowest BCUT2D eigenvalue weighted by Gasteiger charge is -1.94. The summed E-state index contributed by atoms with van der Waals surface area (Å²) in [6, 6.07) is 1.76. The largest absolute Gasteiger partial charge is 0.309 e. The Hall–Kier alpha value is -1.85. The minimum atomic E-state index is -0.187. The summed E-state index contributed by atoms with van der Waals surface area (Å²) in [5, 5.41) is 5.12. The van der Waals surface area contributed by atoms with Crippen LogP contribution in [0.25, 0.3) is 20.7 Å². The molecule has 0 radical (unpaired) electrons. The molecular weight excluding hydrogens is 202 g/mol. The number of hydrogen-bond donors (Lipinski definition) is 1. The van der Waals surface area contributed by atoms with Crippen molar-refractivity contribution in [3.63, 3.8) is 0 Å². The van der Waals surface area contributed by atoms with Crippen LogP contribution in [-0.2, 0) is 6.54 Å². The van der Waals surface area contributed by atoms with Gasteiger partial charge in [0.15, 0.2) is 0 Å². The Morgan fingerprint density at radius 2 is 2.57 bits per heavy atom. The molecule has 0 unspecified atom stereocenters. The smallest absolute Gasteiger partial charge is 0.268 e. The molecule has 0 saturated carbocycles. The highest BCUT2D eigenvalue weighted by atomic mass is 32.1. The zero-order valence-corrected chi connectivity index (χ0v) is 7.78. The zero-order chi connectivity index (χ0) is 9.97. The second kappa shape index (κ2) is 3.49. The molecule has 2 aromatic heterocycles. The SMILES string of the molecule is [N-]=[N+]=NCc1nc2ccsc2c(=O)[nH]1. The van der Waals surface area contributed by atoms with Gasteiger partial charge in [0.1, 0.15) is 10.5 Å². The molecular formula is C7H5N5OS. The van der Waals surface area contributed by atoms with Crippen LogP contribution in [0, 0.1) is 0 Å². The van der Waals surface area contributed by atoms with E-state index in [0.717, 1.165) is 0 Å². The normalized spacial score (nSPS) is 10.0. The molecule has 6 nitrogen and oxygen atoms in total. The lowest BCUT2D eigenvalue weighted by Crippen LogP contribution is -2.09. The van der Waals surface area contributed by atoms with Crippen LogP contribution in [0.1, 0.15) is 5.82 Å². The fraction of sp³-hybridized carbons (Fsp3) is 0.143. The van der Waals surface area contributed by atoms with Crippen LogP contribution >= 0.6 is 11.3 Å². The molecule has 7 heteroatoms. The van der Waals surface area contributed by atoms with E-state index in [0.29, 0.717) is 16.0 Å². The van der Waals surface area contributed by atoms with Gasteiger partial charge in [-0.1, -0.05) is 5.11 Å². The average molecular weight is 207 g/mol. The first kappa shape index (κ1) is 8.74. The topological polar surface area (TPSA) is 94.5 Å². The van der Waals surface area contributed by atoms with Crippen molar-refractivity contribution in [1.29, 1.82) is 0 Å². The summed E-state index contributed by atoms with van der Waals surface area (Å²) >= 11 is 1.34. The van der Waals surface area contributed by atoms with Gasteiger partial charge < -0.3 is 4.98 Å². The minimum absolute atomic E-state index is 0.0670. The monoisotopic (exact) mass is 207 g/mol. The molecule has 0 amide bonds. The first-order valence-corrected chi connectivity index (χ1v) is 4.66. The third kappa shape index (κ3) is 1.46. The number of aromatic amines is 1. The van der Waals surface area contributed by atoms with Gasteiger partial charge in [-0.15, -0.1) is 11.3 Å². The standard InChI is InChI=1S/C7H5N5OS/c8-12-9-3-5-10-4-1-2-14-6(4)7(13)11-5/h1-2H,3H2,(H,10,11,13). The maximum absolute atomic E-state index is 11.4. The second-order valence-electron chi connectivity index (χ2n) is 2.54. The molecule has 0 saturated heterocycles. The van der Waals surface area contributed by atoms with Crippen LogP contribution < -0.4 is 5.56 Å². The van der Waals surface area contributed by atoms with Gasteiger partial charge in [-0.3, -0.25) is 4.79 Å². The first-order chi connectivity index (χ1) is 6.81. The molecule has 2 heterocycles. The third-order valence-electron chi connectivity index (χ3n) is 1.65. The van der Waals surface area contributed by atoms with Crippen LogP contribution in [0.5, 0.6) is 0 Å². The van der Waals surface area contributed by atoms with Crippen molar-refractivity contribution in [3.8, 4) is 0 Å². The number of fused-ring (bicyclic) bond motifs is 1. The molecule has 0 atom stereocenters. The summed E-state index contributed by atoms with van der Waals surface area (Å²) in [6.07, 6.45) is 0.